The molecule has 1 aromatic rings. The van der Waals surface area contributed by atoms with Crippen molar-refractivity contribution < 1.29 is 29.0 Å². The Labute approximate surface area is 171 Å². The van der Waals surface area contributed by atoms with Gasteiger partial charge in [0.05, 0.1) is 0 Å². The van der Waals surface area contributed by atoms with E-state index in [0.29, 0.717) is 25.9 Å². The van der Waals surface area contributed by atoms with Crippen LogP contribution in [0, 0.1) is 0 Å². The molecule has 1 aromatic carbocycles. The van der Waals surface area contributed by atoms with E-state index in [1.165, 1.54) is 0 Å². The summed E-state index contributed by atoms with van der Waals surface area (Å²) in [6.07, 6.45) is 0.584. The van der Waals surface area contributed by atoms with Gasteiger partial charge in [0.1, 0.15) is 12.2 Å². The Kier molecular flexibility index (Phi) is 7.24. The third-order valence-electron chi connectivity index (χ3n) is 4.72. The molecule has 29 heavy (non-hydrogen) atoms. The summed E-state index contributed by atoms with van der Waals surface area (Å²) in [7, 11) is 0. The molecule has 0 aliphatic carbocycles. The van der Waals surface area contributed by atoms with Crippen LogP contribution in [0.1, 0.15) is 46.1 Å². The molecule has 2 rings (SSSR count). The number of hydrogen-bond donors (Lipinski definition) is 2. The van der Waals surface area contributed by atoms with E-state index in [1.807, 2.05) is 25.1 Å². The fourth-order valence-electron chi connectivity index (χ4n) is 3.04. The van der Waals surface area contributed by atoms with Crippen molar-refractivity contribution >= 4 is 18.0 Å². The highest BCUT2D eigenvalue weighted by Gasteiger charge is 2.39. The van der Waals surface area contributed by atoms with Gasteiger partial charge in [-0.15, -0.1) is 0 Å². The molecule has 0 radical (unpaired) electrons. The topological polar surface area (TPSA) is 105 Å². The van der Waals surface area contributed by atoms with E-state index in [2.05, 4.69) is 5.32 Å². The Morgan fingerprint density at radius 1 is 1.17 bits per heavy atom. The van der Waals surface area contributed by atoms with Gasteiger partial charge in [0.15, 0.2) is 0 Å². The first-order chi connectivity index (χ1) is 13.5. The first kappa shape index (κ1) is 22.7. The van der Waals surface area contributed by atoms with Crippen LogP contribution < -0.4 is 5.32 Å². The van der Waals surface area contributed by atoms with Crippen LogP contribution >= 0.6 is 0 Å². The minimum absolute atomic E-state index is 0.00820. The first-order valence-electron chi connectivity index (χ1n) is 9.68. The van der Waals surface area contributed by atoms with Crippen LogP contribution in [0.5, 0.6) is 0 Å². The van der Waals surface area contributed by atoms with E-state index in [0.717, 1.165) is 5.56 Å². The molecular weight excluding hydrogens is 376 g/mol. The van der Waals surface area contributed by atoms with Gasteiger partial charge >= 0.3 is 18.0 Å². The molecule has 0 aromatic heterocycles. The van der Waals surface area contributed by atoms with Gasteiger partial charge in [-0.05, 0) is 46.1 Å². The normalized spacial score (nSPS) is 17.3. The van der Waals surface area contributed by atoms with Gasteiger partial charge in [-0.1, -0.05) is 30.3 Å². The first-order valence-corrected chi connectivity index (χ1v) is 9.68. The van der Waals surface area contributed by atoms with Gasteiger partial charge in [-0.25, -0.2) is 14.4 Å². The highest BCUT2D eigenvalue weighted by atomic mass is 16.6. The fourth-order valence-corrected chi connectivity index (χ4v) is 3.04. The number of esters is 1. The molecular formula is C21H30N2O6. The lowest BCUT2D eigenvalue weighted by Gasteiger charge is -2.41. The van der Waals surface area contributed by atoms with Crippen molar-refractivity contribution in [2.75, 3.05) is 13.1 Å². The van der Waals surface area contributed by atoms with Gasteiger partial charge in [-0.2, -0.15) is 0 Å². The van der Waals surface area contributed by atoms with Gasteiger partial charge in [0, 0.05) is 18.6 Å². The fraction of sp³-hybridized carbons (Fsp3) is 0.571. The van der Waals surface area contributed by atoms with Crippen LogP contribution in [0.3, 0.4) is 0 Å². The Bertz CT molecular complexity index is 720. The zero-order valence-electron chi connectivity index (χ0n) is 17.4. The van der Waals surface area contributed by atoms with Crippen molar-refractivity contribution in [2.45, 2.75) is 64.3 Å². The number of hydrogen-bond acceptors (Lipinski definition) is 6. The monoisotopic (exact) mass is 406 g/mol. The maximum atomic E-state index is 12.4. The summed E-state index contributed by atoms with van der Waals surface area (Å²) in [6.45, 7) is 8.08. The summed E-state index contributed by atoms with van der Waals surface area (Å²) in [6, 6.07) is 7.59. The van der Waals surface area contributed by atoms with Crippen molar-refractivity contribution in [3.63, 3.8) is 0 Å². The Balaban J connectivity index is 1.92. The lowest BCUT2D eigenvalue weighted by molar-refractivity contribution is -0.157. The Morgan fingerprint density at radius 2 is 1.76 bits per heavy atom. The van der Waals surface area contributed by atoms with E-state index in [9.17, 15) is 19.5 Å². The zero-order valence-corrected chi connectivity index (χ0v) is 17.4. The van der Waals surface area contributed by atoms with E-state index in [-0.39, 0.29) is 6.61 Å². The van der Waals surface area contributed by atoms with Crippen molar-refractivity contribution in [1.29, 1.82) is 0 Å². The predicted octanol–water partition coefficient (Wildman–Crippen LogP) is 2.56. The van der Waals surface area contributed by atoms with Crippen LogP contribution in [-0.2, 0) is 25.7 Å². The summed E-state index contributed by atoms with van der Waals surface area (Å²) >= 11 is 0. The molecule has 160 valence electrons. The van der Waals surface area contributed by atoms with Gasteiger partial charge in [0.25, 0.3) is 0 Å². The summed E-state index contributed by atoms with van der Waals surface area (Å²) in [5.74, 6) is -2.13. The highest BCUT2D eigenvalue weighted by molar-refractivity contribution is 5.98. The summed E-state index contributed by atoms with van der Waals surface area (Å²) in [5.41, 5.74) is -0.415. The maximum absolute atomic E-state index is 12.4. The lowest BCUT2D eigenvalue weighted by atomic mass is 9.89. The number of carbonyl (C=O) groups is 3. The Morgan fingerprint density at radius 3 is 2.28 bits per heavy atom. The van der Waals surface area contributed by atoms with Crippen molar-refractivity contribution in [3.05, 3.63) is 35.9 Å². The van der Waals surface area contributed by atoms with Crippen molar-refractivity contribution in [3.8, 4) is 0 Å². The lowest BCUT2D eigenvalue weighted by Crippen LogP contribution is -2.59. The SMILES string of the molecule is CC1(NC(C(=O)O)C(=O)OCc2ccccc2)CCN(C(=O)OC(C)(C)C)CC1. The third kappa shape index (κ3) is 7.05. The smallest absolute Gasteiger partial charge is 0.410 e. The van der Waals surface area contributed by atoms with Gasteiger partial charge in [-0.3, -0.25) is 5.32 Å². The van der Waals surface area contributed by atoms with Crippen LogP contribution in [0.25, 0.3) is 0 Å². The van der Waals surface area contributed by atoms with Gasteiger partial charge in [0.2, 0.25) is 6.04 Å². The maximum Gasteiger partial charge on any atom is 0.410 e. The third-order valence-corrected chi connectivity index (χ3v) is 4.72. The number of carboxylic acids is 1. The molecule has 1 aliphatic rings. The molecule has 1 atom stereocenters. The molecule has 1 amide bonds. The second kappa shape index (κ2) is 9.26. The number of aliphatic carboxylic acids is 1. The van der Waals surface area contributed by atoms with Crippen LogP contribution in [0.2, 0.25) is 0 Å². The number of benzene rings is 1. The molecule has 0 bridgehead atoms. The van der Waals surface area contributed by atoms with Gasteiger partial charge < -0.3 is 19.5 Å². The van der Waals surface area contributed by atoms with E-state index >= 15 is 0 Å². The zero-order chi connectivity index (χ0) is 21.7. The van der Waals surface area contributed by atoms with Crippen molar-refractivity contribution in [1.82, 2.24) is 10.2 Å². The molecule has 8 heteroatoms. The summed E-state index contributed by atoms with van der Waals surface area (Å²) in [5, 5.41) is 12.4. The average molecular weight is 406 g/mol. The molecule has 1 unspecified atom stereocenters. The number of piperidine rings is 1. The molecule has 2 N–H and O–H groups in total. The largest absolute Gasteiger partial charge is 0.480 e. The van der Waals surface area contributed by atoms with Crippen LogP contribution in [0.15, 0.2) is 30.3 Å². The van der Waals surface area contributed by atoms with E-state index in [4.69, 9.17) is 9.47 Å². The number of carboxylic acid groups (broad SMARTS) is 1. The molecule has 0 saturated carbocycles. The minimum atomic E-state index is -1.48. The second-order valence-electron chi connectivity index (χ2n) is 8.54. The number of carbonyl (C=O) groups excluding carboxylic acids is 2. The van der Waals surface area contributed by atoms with E-state index < -0.39 is 35.2 Å². The molecule has 1 saturated heterocycles. The molecule has 1 fully saturated rings. The number of likely N-dealkylation sites (tertiary alicyclic amines) is 1. The highest BCUT2D eigenvalue weighted by Crippen LogP contribution is 2.24. The number of ether oxygens (including phenoxy) is 2. The Hall–Kier alpha value is -2.61. The van der Waals surface area contributed by atoms with Crippen LogP contribution in [-0.4, -0.2) is 58.3 Å². The summed E-state index contributed by atoms with van der Waals surface area (Å²) in [4.78, 5) is 37.8. The second-order valence-corrected chi connectivity index (χ2v) is 8.54. The molecule has 1 heterocycles. The molecule has 0 spiro atoms. The average Bonchev–Trinajstić information content (AvgIpc) is 2.64. The molecule has 1 aliphatic heterocycles. The quantitative estimate of drug-likeness (QED) is 0.552. The molecule has 8 nitrogen and oxygen atoms in total. The predicted molar refractivity (Wildman–Crippen MR) is 106 cm³/mol. The number of amides is 1. The van der Waals surface area contributed by atoms with Crippen LogP contribution in [0.4, 0.5) is 4.79 Å². The standard InChI is InChI=1S/C21H30N2O6/c1-20(2,3)29-19(27)23-12-10-21(4,11-13-23)22-16(17(24)25)18(26)28-14-15-8-6-5-7-9-15/h5-9,16,22H,10-14H2,1-4H3,(H,24,25). The van der Waals surface area contributed by atoms with E-state index in [1.54, 1.807) is 37.8 Å². The number of nitrogens with zero attached hydrogens (tertiary/aromatic N) is 1. The number of rotatable bonds is 6. The number of nitrogens with one attached hydrogen (secondary N) is 1. The minimum Gasteiger partial charge on any atom is -0.480 e. The summed E-state index contributed by atoms with van der Waals surface area (Å²) < 4.78 is 10.6. The van der Waals surface area contributed by atoms with Crippen molar-refractivity contribution in [2.24, 2.45) is 0 Å².